The summed E-state index contributed by atoms with van der Waals surface area (Å²) in [6.07, 6.45) is 3.77. The van der Waals surface area contributed by atoms with Gasteiger partial charge >= 0.3 is 0 Å². The van der Waals surface area contributed by atoms with E-state index in [0.717, 1.165) is 16.7 Å². The Balaban J connectivity index is 1.67. The van der Waals surface area contributed by atoms with Crippen LogP contribution in [0.15, 0.2) is 42.6 Å². The summed E-state index contributed by atoms with van der Waals surface area (Å²) in [5.41, 5.74) is 3.03. The van der Waals surface area contributed by atoms with Crippen molar-refractivity contribution in [2.24, 2.45) is 11.8 Å². The van der Waals surface area contributed by atoms with Crippen LogP contribution in [0.3, 0.4) is 0 Å². The molecule has 31 heavy (non-hydrogen) atoms. The van der Waals surface area contributed by atoms with Crippen LogP contribution in [0.4, 0.5) is 5.69 Å². The molecule has 0 bridgehead atoms. The predicted octanol–water partition coefficient (Wildman–Crippen LogP) is 3.76. The number of ether oxygens (including phenoxy) is 1. The topological polar surface area (TPSA) is 66.9 Å². The first kappa shape index (κ1) is 19.8. The van der Waals surface area contributed by atoms with E-state index in [-0.39, 0.29) is 23.6 Å². The number of methoxy groups -OCH3 is 1. The maximum absolute atomic E-state index is 13.7. The van der Waals surface area contributed by atoms with Crippen LogP contribution in [-0.2, 0) is 14.4 Å². The molecular weight excluding hydrogens is 416 g/mol. The monoisotopic (exact) mass is 436 g/mol. The molecule has 158 valence electrons. The molecule has 2 saturated heterocycles. The van der Waals surface area contributed by atoms with Crippen LogP contribution in [-0.4, -0.2) is 35.6 Å². The molecule has 0 aromatic heterocycles. The average molecular weight is 437 g/mol. The highest BCUT2D eigenvalue weighted by Gasteiger charge is 2.64. The van der Waals surface area contributed by atoms with Gasteiger partial charge in [-0.15, -0.1) is 0 Å². The van der Waals surface area contributed by atoms with Gasteiger partial charge < -0.3 is 9.64 Å². The van der Waals surface area contributed by atoms with E-state index in [1.54, 1.807) is 19.1 Å². The van der Waals surface area contributed by atoms with E-state index in [9.17, 15) is 14.4 Å². The van der Waals surface area contributed by atoms with E-state index in [0.29, 0.717) is 16.5 Å². The number of benzene rings is 2. The van der Waals surface area contributed by atoms with E-state index < -0.39 is 17.9 Å². The lowest BCUT2D eigenvalue weighted by molar-refractivity contribution is -0.129. The summed E-state index contributed by atoms with van der Waals surface area (Å²) >= 11 is 6.22. The molecule has 3 heterocycles. The molecule has 0 saturated carbocycles. The summed E-state index contributed by atoms with van der Waals surface area (Å²) in [6, 6.07) is 10.0. The molecule has 6 nitrogen and oxygen atoms in total. The van der Waals surface area contributed by atoms with Gasteiger partial charge in [-0.2, -0.15) is 0 Å². The number of rotatable bonds is 3. The molecule has 1 unspecified atom stereocenters. The molecular formula is C24H21ClN2O4. The number of hydrogen-bond donors (Lipinski definition) is 0. The zero-order chi connectivity index (χ0) is 22.0. The molecule has 0 aliphatic carbocycles. The second-order valence-electron chi connectivity index (χ2n) is 8.23. The number of aryl methyl sites for hydroxylation is 1. The van der Waals surface area contributed by atoms with Gasteiger partial charge in [0.1, 0.15) is 5.75 Å². The minimum atomic E-state index is -0.758. The molecule has 0 radical (unpaired) electrons. The third kappa shape index (κ3) is 2.67. The Bertz CT molecular complexity index is 1170. The van der Waals surface area contributed by atoms with Crippen molar-refractivity contribution in [3.05, 3.63) is 64.3 Å². The first-order valence-electron chi connectivity index (χ1n) is 10.1. The van der Waals surface area contributed by atoms with Gasteiger partial charge in [0.2, 0.25) is 11.8 Å². The fourth-order valence-corrected chi connectivity index (χ4v) is 5.40. The number of hydrogen-bond acceptors (Lipinski definition) is 5. The maximum atomic E-state index is 13.7. The number of ketones is 1. The minimum Gasteiger partial charge on any atom is -0.495 e. The Morgan fingerprint density at radius 1 is 1.10 bits per heavy atom. The number of Topliss-reactive ketones (excluding diaryl/α,β-unsaturated/α-hetero) is 1. The van der Waals surface area contributed by atoms with Gasteiger partial charge in [0.05, 0.1) is 36.7 Å². The van der Waals surface area contributed by atoms with Crippen LogP contribution >= 0.6 is 11.6 Å². The second kappa shape index (κ2) is 6.95. The van der Waals surface area contributed by atoms with E-state index >= 15 is 0 Å². The number of halogens is 1. The predicted molar refractivity (Wildman–Crippen MR) is 117 cm³/mol. The number of fused-ring (bicyclic) bond motifs is 5. The highest BCUT2D eigenvalue weighted by molar-refractivity contribution is 6.32. The molecule has 2 aromatic carbocycles. The van der Waals surface area contributed by atoms with Crippen LogP contribution in [0.25, 0.3) is 6.08 Å². The summed E-state index contributed by atoms with van der Waals surface area (Å²) in [7, 11) is 1.47. The summed E-state index contributed by atoms with van der Waals surface area (Å²) in [5.74, 6) is -1.91. The van der Waals surface area contributed by atoms with Crippen LogP contribution in [0.5, 0.6) is 5.75 Å². The largest absolute Gasteiger partial charge is 0.495 e. The van der Waals surface area contributed by atoms with Gasteiger partial charge in [-0.25, -0.2) is 4.90 Å². The second-order valence-corrected chi connectivity index (χ2v) is 8.64. The number of amides is 2. The number of carbonyl (C=O) groups is 3. The van der Waals surface area contributed by atoms with Gasteiger partial charge in [0, 0.05) is 17.3 Å². The fraction of sp³-hybridized carbons (Fsp3) is 0.292. The Kier molecular flexibility index (Phi) is 4.45. The summed E-state index contributed by atoms with van der Waals surface area (Å²) < 4.78 is 5.43. The van der Waals surface area contributed by atoms with Crippen LogP contribution < -0.4 is 9.64 Å². The zero-order valence-electron chi connectivity index (χ0n) is 17.3. The SMILES string of the molecule is COc1cc(Cl)c(C)cc1N1C(=O)[C@@H]2[C@H](C1=O)C1c3ccccc3C=CN1[C@@H]2C(C)=O. The highest BCUT2D eigenvalue weighted by atomic mass is 35.5. The van der Waals surface area contributed by atoms with Crippen molar-refractivity contribution in [2.75, 3.05) is 12.0 Å². The molecule has 2 amide bonds. The van der Waals surface area contributed by atoms with Crippen molar-refractivity contribution in [1.82, 2.24) is 4.90 Å². The van der Waals surface area contributed by atoms with E-state index in [1.807, 2.05) is 41.4 Å². The molecule has 4 atom stereocenters. The van der Waals surface area contributed by atoms with E-state index in [2.05, 4.69) is 0 Å². The Morgan fingerprint density at radius 2 is 1.81 bits per heavy atom. The Labute approximate surface area is 185 Å². The number of imide groups is 1. The van der Waals surface area contributed by atoms with Crippen LogP contribution in [0.1, 0.15) is 29.7 Å². The van der Waals surface area contributed by atoms with Gasteiger partial charge in [-0.3, -0.25) is 14.4 Å². The van der Waals surface area contributed by atoms with Crippen LogP contribution in [0, 0.1) is 18.8 Å². The summed E-state index contributed by atoms with van der Waals surface area (Å²) in [4.78, 5) is 43.1. The molecule has 3 aliphatic rings. The van der Waals surface area contributed by atoms with Crippen molar-refractivity contribution in [3.63, 3.8) is 0 Å². The zero-order valence-corrected chi connectivity index (χ0v) is 18.1. The number of anilines is 1. The minimum absolute atomic E-state index is 0.135. The third-order valence-corrected chi connectivity index (χ3v) is 6.99. The summed E-state index contributed by atoms with van der Waals surface area (Å²) in [6.45, 7) is 3.28. The van der Waals surface area contributed by atoms with Crippen molar-refractivity contribution >= 4 is 41.0 Å². The number of carbonyl (C=O) groups excluding carboxylic acids is 3. The van der Waals surface area contributed by atoms with E-state index in [4.69, 9.17) is 16.3 Å². The van der Waals surface area contributed by atoms with E-state index in [1.165, 1.54) is 18.9 Å². The van der Waals surface area contributed by atoms with Crippen molar-refractivity contribution in [1.29, 1.82) is 0 Å². The molecule has 5 rings (SSSR count). The Hall–Kier alpha value is -3.12. The third-order valence-electron chi connectivity index (χ3n) is 6.58. The maximum Gasteiger partial charge on any atom is 0.240 e. The molecule has 0 N–H and O–H groups in total. The van der Waals surface area contributed by atoms with Crippen LogP contribution in [0.2, 0.25) is 5.02 Å². The van der Waals surface area contributed by atoms with Crippen molar-refractivity contribution in [2.45, 2.75) is 25.9 Å². The summed E-state index contributed by atoms with van der Waals surface area (Å²) in [5, 5.41) is 0.485. The lowest BCUT2D eigenvalue weighted by atomic mass is 9.84. The Morgan fingerprint density at radius 3 is 2.52 bits per heavy atom. The highest BCUT2D eigenvalue weighted by Crippen LogP contribution is 2.54. The first-order valence-corrected chi connectivity index (χ1v) is 10.5. The average Bonchev–Trinajstić information content (AvgIpc) is 3.23. The van der Waals surface area contributed by atoms with Gasteiger partial charge in [0.15, 0.2) is 5.78 Å². The lowest BCUT2D eigenvalue weighted by Crippen LogP contribution is -2.43. The van der Waals surface area contributed by atoms with Crippen molar-refractivity contribution in [3.8, 4) is 5.75 Å². The standard InChI is InChI=1S/C24H21ClN2O4/c1-12-10-17(18(31-3)11-16(12)25)27-23(29)19-20(24(27)30)22-15-7-5-4-6-14(15)8-9-26(22)21(19)13(2)28/h4-11,19-22H,1-3H3/t19-,20+,21-,22?/m1/s1. The smallest absolute Gasteiger partial charge is 0.240 e. The quantitative estimate of drug-likeness (QED) is 0.685. The van der Waals surface area contributed by atoms with Gasteiger partial charge in [-0.05, 0) is 42.7 Å². The van der Waals surface area contributed by atoms with Gasteiger partial charge in [-0.1, -0.05) is 35.9 Å². The molecule has 2 fully saturated rings. The molecule has 0 spiro atoms. The number of nitrogens with zero attached hydrogens (tertiary/aromatic N) is 2. The molecule has 3 aliphatic heterocycles. The lowest BCUT2D eigenvalue weighted by Gasteiger charge is -2.35. The molecule has 2 aromatic rings. The fourth-order valence-electron chi connectivity index (χ4n) is 5.25. The van der Waals surface area contributed by atoms with Gasteiger partial charge in [0.25, 0.3) is 0 Å². The molecule has 7 heteroatoms. The normalized spacial score (nSPS) is 26.1. The first-order chi connectivity index (χ1) is 14.8. The van der Waals surface area contributed by atoms with Crippen molar-refractivity contribution < 1.29 is 19.1 Å².